The lowest BCUT2D eigenvalue weighted by molar-refractivity contribution is 0.336. The summed E-state index contributed by atoms with van der Waals surface area (Å²) in [5.41, 5.74) is 0.603. The van der Waals surface area contributed by atoms with Gasteiger partial charge in [-0.25, -0.2) is 8.78 Å². The monoisotopic (exact) mass is 227 g/mol. The van der Waals surface area contributed by atoms with Crippen molar-refractivity contribution in [1.82, 2.24) is 4.90 Å². The van der Waals surface area contributed by atoms with Crippen LogP contribution in [-0.4, -0.2) is 25.0 Å². The molecule has 0 amide bonds. The molecule has 0 saturated carbocycles. The molecule has 0 spiro atoms. The number of hydrogen-bond acceptors (Lipinski definition) is 1. The molecule has 0 bridgehead atoms. The van der Waals surface area contributed by atoms with E-state index >= 15 is 0 Å². The fourth-order valence-electron chi connectivity index (χ4n) is 1.63. The highest BCUT2D eigenvalue weighted by Gasteiger charge is 2.12. The summed E-state index contributed by atoms with van der Waals surface area (Å²) in [7, 11) is 2.04. The maximum atomic E-state index is 13.5. The van der Waals surface area contributed by atoms with E-state index in [2.05, 4.69) is 11.8 Å². The number of nitrogens with zero attached hydrogens (tertiary/aromatic N) is 1. The van der Waals surface area contributed by atoms with Gasteiger partial charge in [0.15, 0.2) is 0 Å². The van der Waals surface area contributed by atoms with Crippen molar-refractivity contribution < 1.29 is 8.78 Å². The van der Waals surface area contributed by atoms with Crippen LogP contribution in [-0.2, 0) is 0 Å². The number of benzene rings is 1. The Labute approximate surface area is 96.1 Å². The number of halogens is 2. The molecule has 1 atom stereocenters. The molecule has 1 aromatic carbocycles. The van der Waals surface area contributed by atoms with E-state index in [4.69, 9.17) is 0 Å². The van der Waals surface area contributed by atoms with Crippen LogP contribution in [0.5, 0.6) is 0 Å². The van der Waals surface area contributed by atoms with Crippen LogP contribution < -0.4 is 0 Å². The Balaban J connectivity index is 2.62. The van der Waals surface area contributed by atoms with Crippen LogP contribution in [0.1, 0.15) is 31.7 Å². The van der Waals surface area contributed by atoms with Crippen molar-refractivity contribution in [3.05, 3.63) is 35.4 Å². The van der Waals surface area contributed by atoms with Gasteiger partial charge in [-0.2, -0.15) is 0 Å². The minimum Gasteiger partial charge on any atom is -0.307 e. The highest BCUT2D eigenvalue weighted by molar-refractivity contribution is 5.22. The quantitative estimate of drug-likeness (QED) is 0.745. The van der Waals surface area contributed by atoms with Crippen LogP contribution in [0.4, 0.5) is 8.78 Å². The normalized spacial score (nSPS) is 13.1. The third kappa shape index (κ3) is 3.56. The van der Waals surface area contributed by atoms with Crippen molar-refractivity contribution >= 4 is 0 Å². The van der Waals surface area contributed by atoms with E-state index in [1.165, 1.54) is 6.07 Å². The minimum atomic E-state index is -0.515. The van der Waals surface area contributed by atoms with Gasteiger partial charge in [0.05, 0.1) is 0 Å². The summed E-state index contributed by atoms with van der Waals surface area (Å²) in [4.78, 5) is 2.18. The van der Waals surface area contributed by atoms with E-state index in [1.54, 1.807) is 6.07 Å². The summed E-state index contributed by atoms with van der Waals surface area (Å²) in [6.07, 6.45) is 0.882. The summed E-state index contributed by atoms with van der Waals surface area (Å²) in [5.74, 6) is -0.833. The van der Waals surface area contributed by atoms with Gasteiger partial charge in [-0.15, -0.1) is 0 Å². The molecule has 0 radical (unpaired) electrons. The highest BCUT2D eigenvalue weighted by Crippen LogP contribution is 2.22. The van der Waals surface area contributed by atoms with Crippen LogP contribution in [0.2, 0.25) is 0 Å². The number of rotatable bonds is 5. The molecule has 3 heteroatoms. The Morgan fingerprint density at radius 1 is 1.31 bits per heavy atom. The molecule has 1 unspecified atom stereocenters. The first-order valence-electron chi connectivity index (χ1n) is 5.68. The maximum Gasteiger partial charge on any atom is 0.129 e. The summed E-state index contributed by atoms with van der Waals surface area (Å²) in [6.45, 7) is 5.97. The predicted octanol–water partition coefficient (Wildman–Crippen LogP) is 3.41. The van der Waals surface area contributed by atoms with Crippen molar-refractivity contribution in [2.75, 3.05) is 20.1 Å². The Kier molecular flexibility index (Phi) is 4.87. The summed E-state index contributed by atoms with van der Waals surface area (Å²) >= 11 is 0. The van der Waals surface area contributed by atoms with E-state index in [-0.39, 0.29) is 5.92 Å². The zero-order chi connectivity index (χ0) is 12.1. The van der Waals surface area contributed by atoms with Crippen LogP contribution in [0.15, 0.2) is 18.2 Å². The molecule has 0 saturated heterocycles. The zero-order valence-corrected chi connectivity index (χ0v) is 10.1. The fourth-order valence-corrected chi connectivity index (χ4v) is 1.63. The maximum absolute atomic E-state index is 13.5. The minimum absolute atomic E-state index is 0.120. The predicted molar refractivity (Wildman–Crippen MR) is 62.6 cm³/mol. The second-order valence-electron chi connectivity index (χ2n) is 4.25. The molecule has 0 fully saturated rings. The van der Waals surface area contributed by atoms with E-state index in [0.717, 1.165) is 25.6 Å². The van der Waals surface area contributed by atoms with E-state index in [0.29, 0.717) is 5.56 Å². The van der Waals surface area contributed by atoms with Gasteiger partial charge in [0.1, 0.15) is 11.6 Å². The molecule has 1 aromatic rings. The van der Waals surface area contributed by atoms with E-state index < -0.39 is 11.6 Å². The topological polar surface area (TPSA) is 3.24 Å². The van der Waals surface area contributed by atoms with Crippen molar-refractivity contribution in [2.45, 2.75) is 26.2 Å². The van der Waals surface area contributed by atoms with Crippen LogP contribution in [0.3, 0.4) is 0 Å². The molecular formula is C13H19F2N. The van der Waals surface area contributed by atoms with Gasteiger partial charge in [0.25, 0.3) is 0 Å². The highest BCUT2D eigenvalue weighted by atomic mass is 19.1. The molecule has 0 aliphatic carbocycles. The Bertz CT molecular complexity index is 339. The first-order chi connectivity index (χ1) is 7.54. The van der Waals surface area contributed by atoms with Crippen molar-refractivity contribution in [3.63, 3.8) is 0 Å². The first kappa shape index (κ1) is 13.1. The average Bonchev–Trinajstić information content (AvgIpc) is 2.25. The Morgan fingerprint density at radius 2 is 2.00 bits per heavy atom. The van der Waals surface area contributed by atoms with Gasteiger partial charge in [0, 0.05) is 6.07 Å². The summed E-state index contributed by atoms with van der Waals surface area (Å²) in [5, 5.41) is 0. The molecule has 0 aliphatic rings. The van der Waals surface area contributed by atoms with Gasteiger partial charge in [-0.05, 0) is 44.1 Å². The van der Waals surface area contributed by atoms with E-state index in [1.807, 2.05) is 14.0 Å². The molecule has 1 rings (SSSR count). The fraction of sp³-hybridized carbons (Fsp3) is 0.538. The molecule has 0 aromatic heterocycles. The molecule has 1 nitrogen and oxygen atoms in total. The Morgan fingerprint density at radius 3 is 2.56 bits per heavy atom. The summed E-state index contributed by atoms with van der Waals surface area (Å²) in [6, 6.07) is 3.81. The smallest absolute Gasteiger partial charge is 0.129 e. The Hall–Kier alpha value is -0.960. The van der Waals surface area contributed by atoms with Crippen molar-refractivity contribution in [2.24, 2.45) is 0 Å². The van der Waals surface area contributed by atoms with Gasteiger partial charge >= 0.3 is 0 Å². The lowest BCUT2D eigenvalue weighted by Crippen LogP contribution is -2.20. The largest absolute Gasteiger partial charge is 0.307 e. The molecule has 0 aliphatic heterocycles. The average molecular weight is 227 g/mol. The van der Waals surface area contributed by atoms with Crippen LogP contribution >= 0.6 is 0 Å². The van der Waals surface area contributed by atoms with Crippen LogP contribution in [0.25, 0.3) is 0 Å². The molecule has 0 N–H and O–H groups in total. The third-order valence-electron chi connectivity index (χ3n) is 2.98. The number of hydrogen-bond donors (Lipinski definition) is 0. The van der Waals surface area contributed by atoms with Crippen LogP contribution in [0, 0.1) is 11.6 Å². The van der Waals surface area contributed by atoms with Gasteiger partial charge in [0.2, 0.25) is 0 Å². The molecule has 0 heterocycles. The molecule has 90 valence electrons. The van der Waals surface area contributed by atoms with Gasteiger partial charge in [-0.1, -0.05) is 19.9 Å². The standard InChI is InChI=1S/C13H19F2N/c1-4-16(3)8-7-10(2)12-6-5-11(14)9-13(12)15/h5-6,9-10H,4,7-8H2,1-3H3. The van der Waals surface area contributed by atoms with Crippen molar-refractivity contribution in [3.8, 4) is 0 Å². The lowest BCUT2D eigenvalue weighted by Gasteiger charge is -2.18. The van der Waals surface area contributed by atoms with Crippen molar-refractivity contribution in [1.29, 1.82) is 0 Å². The van der Waals surface area contributed by atoms with Gasteiger partial charge < -0.3 is 4.90 Å². The molecule has 16 heavy (non-hydrogen) atoms. The van der Waals surface area contributed by atoms with Gasteiger partial charge in [-0.3, -0.25) is 0 Å². The summed E-state index contributed by atoms with van der Waals surface area (Å²) < 4.78 is 26.2. The second kappa shape index (κ2) is 5.94. The zero-order valence-electron chi connectivity index (χ0n) is 10.1. The van der Waals surface area contributed by atoms with E-state index in [9.17, 15) is 8.78 Å². The third-order valence-corrected chi connectivity index (χ3v) is 2.98. The first-order valence-corrected chi connectivity index (χ1v) is 5.68. The second-order valence-corrected chi connectivity index (χ2v) is 4.25. The SMILES string of the molecule is CCN(C)CCC(C)c1ccc(F)cc1F. The lowest BCUT2D eigenvalue weighted by atomic mass is 9.97. The molecular weight excluding hydrogens is 208 g/mol.